The number of ether oxygens (including phenoxy) is 1. The summed E-state index contributed by atoms with van der Waals surface area (Å²) in [5, 5.41) is 6.21. The molecule has 1 aromatic heterocycles. The van der Waals surface area contributed by atoms with Crippen LogP contribution in [0.5, 0.6) is 0 Å². The Bertz CT molecular complexity index is 1680. The van der Waals surface area contributed by atoms with E-state index < -0.39 is 16.9 Å². The first-order chi connectivity index (χ1) is 20.6. The van der Waals surface area contributed by atoms with Crippen molar-refractivity contribution in [1.29, 1.82) is 0 Å². The zero-order chi connectivity index (χ0) is 30.6. The second-order valence-electron chi connectivity index (χ2n) is 11.1. The molecular formula is C33H34BrFN4O3S. The highest BCUT2D eigenvalue weighted by Crippen LogP contribution is 2.33. The summed E-state index contributed by atoms with van der Waals surface area (Å²) in [4.78, 5) is 32.0. The maximum atomic E-state index is 15.0. The van der Waals surface area contributed by atoms with Gasteiger partial charge in [0.1, 0.15) is 10.4 Å². The number of halogens is 2. The van der Waals surface area contributed by atoms with Crippen LogP contribution in [-0.2, 0) is 16.9 Å². The molecule has 224 valence electrons. The average Bonchev–Trinajstić information content (AvgIpc) is 3.80. The highest BCUT2D eigenvalue weighted by Gasteiger charge is 2.27. The van der Waals surface area contributed by atoms with Crippen LogP contribution < -0.4 is 16.2 Å². The number of amides is 1. The smallest absolute Gasteiger partial charge is 0.297 e. The van der Waals surface area contributed by atoms with Gasteiger partial charge in [0.15, 0.2) is 5.82 Å². The lowest BCUT2D eigenvalue weighted by molar-refractivity contribution is 0.0950. The number of thioether (sulfide) groups is 1. The summed E-state index contributed by atoms with van der Waals surface area (Å²) in [5.74, 6) is -0.0649. The minimum absolute atomic E-state index is 0.0954. The van der Waals surface area contributed by atoms with E-state index in [9.17, 15) is 14.0 Å². The van der Waals surface area contributed by atoms with E-state index in [-0.39, 0.29) is 34.6 Å². The van der Waals surface area contributed by atoms with Crippen molar-refractivity contribution in [2.45, 2.75) is 56.7 Å². The van der Waals surface area contributed by atoms with Gasteiger partial charge in [-0.1, -0.05) is 48.5 Å². The summed E-state index contributed by atoms with van der Waals surface area (Å²) in [6, 6.07) is 21.0. The molecule has 0 spiro atoms. The number of rotatable bonds is 12. The minimum Gasteiger partial charge on any atom is -0.376 e. The second-order valence-corrected chi connectivity index (χ2v) is 13.0. The van der Waals surface area contributed by atoms with Gasteiger partial charge >= 0.3 is 0 Å². The van der Waals surface area contributed by atoms with Crippen molar-refractivity contribution in [3.8, 4) is 5.69 Å². The predicted molar refractivity (Wildman–Crippen MR) is 173 cm³/mol. The standard InChI is InChI=1S/C33H34BrFN4O3S/c1-21-26(35)17-23(31(40)36-24-13-14-24)18-27(21)39-19-29(34)37-30(32(39)41)38-33(2,3)25-11-7-8-12-28(25)43-16-15-42-20-22-9-5-4-6-10-22/h4-12,17-19,24H,13-16,20H2,1-3H3,(H,36,40)(H,37,38). The Kier molecular flexibility index (Phi) is 9.68. The molecule has 0 aliphatic heterocycles. The van der Waals surface area contributed by atoms with E-state index in [0.29, 0.717) is 17.8 Å². The highest BCUT2D eigenvalue weighted by atomic mass is 79.9. The largest absolute Gasteiger partial charge is 0.376 e. The van der Waals surface area contributed by atoms with Gasteiger partial charge in [-0.15, -0.1) is 11.8 Å². The van der Waals surface area contributed by atoms with E-state index >= 15 is 0 Å². The Labute approximate surface area is 263 Å². The molecule has 1 saturated carbocycles. The Morgan fingerprint density at radius 2 is 1.86 bits per heavy atom. The van der Waals surface area contributed by atoms with Crippen molar-refractivity contribution >= 4 is 39.4 Å². The maximum absolute atomic E-state index is 15.0. The second kappa shape index (κ2) is 13.4. The number of hydrogen-bond acceptors (Lipinski definition) is 6. The van der Waals surface area contributed by atoms with Crippen LogP contribution in [0.2, 0.25) is 0 Å². The molecule has 3 aromatic carbocycles. The Morgan fingerprint density at radius 1 is 1.14 bits per heavy atom. The molecule has 1 aliphatic rings. The lowest BCUT2D eigenvalue weighted by Crippen LogP contribution is -2.34. The predicted octanol–water partition coefficient (Wildman–Crippen LogP) is 6.99. The third kappa shape index (κ3) is 7.74. The number of nitrogens with one attached hydrogen (secondary N) is 2. The van der Waals surface area contributed by atoms with Gasteiger partial charge in [0, 0.05) is 34.0 Å². The maximum Gasteiger partial charge on any atom is 0.297 e. The van der Waals surface area contributed by atoms with Crippen molar-refractivity contribution in [1.82, 2.24) is 14.9 Å². The van der Waals surface area contributed by atoms with E-state index in [4.69, 9.17) is 4.74 Å². The summed E-state index contributed by atoms with van der Waals surface area (Å²) in [6.45, 7) is 6.71. The van der Waals surface area contributed by atoms with Gasteiger partial charge in [0.05, 0.1) is 24.4 Å². The van der Waals surface area contributed by atoms with Crippen LogP contribution in [0.4, 0.5) is 10.2 Å². The van der Waals surface area contributed by atoms with Gasteiger partial charge in [-0.25, -0.2) is 9.37 Å². The normalized spacial score (nSPS) is 13.1. The SMILES string of the molecule is Cc1c(F)cc(C(=O)NC2CC2)cc1-n1cc(Br)nc(NC(C)(C)c2ccccc2SCCOCc2ccccc2)c1=O. The van der Waals surface area contributed by atoms with Gasteiger partial charge in [0.2, 0.25) is 0 Å². The fourth-order valence-electron chi connectivity index (χ4n) is 4.71. The lowest BCUT2D eigenvalue weighted by atomic mass is 9.94. The quantitative estimate of drug-likeness (QED) is 0.125. The number of nitrogens with zero attached hydrogens (tertiary/aromatic N) is 2. The van der Waals surface area contributed by atoms with Crippen molar-refractivity contribution in [2.24, 2.45) is 0 Å². The average molecular weight is 666 g/mol. The monoisotopic (exact) mass is 664 g/mol. The van der Waals surface area contributed by atoms with Crippen LogP contribution >= 0.6 is 27.7 Å². The molecule has 0 saturated heterocycles. The molecule has 2 N–H and O–H groups in total. The molecule has 0 atom stereocenters. The molecular weight excluding hydrogens is 631 g/mol. The number of anilines is 1. The molecule has 4 aromatic rings. The summed E-state index contributed by atoms with van der Waals surface area (Å²) in [7, 11) is 0. The van der Waals surface area contributed by atoms with Gasteiger partial charge in [-0.3, -0.25) is 14.2 Å². The molecule has 0 radical (unpaired) electrons. The third-order valence-electron chi connectivity index (χ3n) is 7.21. The molecule has 7 nitrogen and oxygen atoms in total. The number of hydrogen-bond donors (Lipinski definition) is 2. The van der Waals surface area contributed by atoms with Crippen LogP contribution in [0.25, 0.3) is 5.69 Å². The summed E-state index contributed by atoms with van der Waals surface area (Å²) in [5.41, 5.74) is 1.68. The van der Waals surface area contributed by atoms with E-state index in [1.165, 1.54) is 16.8 Å². The van der Waals surface area contributed by atoms with E-state index in [1.807, 2.05) is 62.4 Å². The molecule has 0 unspecified atom stereocenters. The third-order valence-corrected chi connectivity index (χ3v) is 8.63. The molecule has 0 bridgehead atoms. The van der Waals surface area contributed by atoms with Crippen LogP contribution in [-0.4, -0.2) is 33.9 Å². The first-order valence-corrected chi connectivity index (χ1v) is 15.9. The van der Waals surface area contributed by atoms with Gasteiger partial charge in [-0.05, 0) is 78.9 Å². The number of benzene rings is 3. The van der Waals surface area contributed by atoms with Gasteiger partial charge in [-0.2, -0.15) is 0 Å². The van der Waals surface area contributed by atoms with Crippen LogP contribution in [0.15, 0.2) is 87.2 Å². The molecule has 1 heterocycles. The summed E-state index contributed by atoms with van der Waals surface area (Å²) in [6.07, 6.45) is 3.32. The molecule has 1 fully saturated rings. The van der Waals surface area contributed by atoms with Gasteiger partial charge in [0.25, 0.3) is 11.5 Å². The topological polar surface area (TPSA) is 85.2 Å². The van der Waals surface area contributed by atoms with Crippen molar-refractivity contribution < 1.29 is 13.9 Å². The van der Waals surface area contributed by atoms with Crippen LogP contribution in [0.1, 0.15) is 53.7 Å². The zero-order valence-corrected chi connectivity index (χ0v) is 26.7. The fraction of sp³-hybridized carbons (Fsp3) is 0.303. The highest BCUT2D eigenvalue weighted by molar-refractivity contribution is 9.10. The van der Waals surface area contributed by atoms with E-state index in [0.717, 1.165) is 34.6 Å². The van der Waals surface area contributed by atoms with Gasteiger partial charge < -0.3 is 15.4 Å². The fourth-order valence-corrected chi connectivity index (χ4v) is 6.17. The summed E-state index contributed by atoms with van der Waals surface area (Å²) < 4.78 is 22.6. The van der Waals surface area contributed by atoms with Crippen molar-refractivity contribution in [2.75, 3.05) is 17.7 Å². The first kappa shape index (κ1) is 31.0. The van der Waals surface area contributed by atoms with Crippen LogP contribution in [0, 0.1) is 12.7 Å². The van der Waals surface area contributed by atoms with E-state index in [1.54, 1.807) is 24.8 Å². The molecule has 5 rings (SSSR count). The lowest BCUT2D eigenvalue weighted by Gasteiger charge is -2.29. The number of aromatic nitrogens is 2. The molecule has 1 aliphatic carbocycles. The van der Waals surface area contributed by atoms with Crippen molar-refractivity contribution in [3.05, 3.63) is 116 Å². The molecule has 43 heavy (non-hydrogen) atoms. The number of carbonyl (C=O) groups is 1. The minimum atomic E-state index is -0.689. The molecule has 10 heteroatoms. The van der Waals surface area contributed by atoms with Crippen molar-refractivity contribution in [3.63, 3.8) is 0 Å². The first-order valence-electron chi connectivity index (χ1n) is 14.1. The van der Waals surface area contributed by atoms with Crippen LogP contribution in [0.3, 0.4) is 0 Å². The zero-order valence-electron chi connectivity index (χ0n) is 24.3. The number of carbonyl (C=O) groups excluding carboxylic acids is 1. The Balaban J connectivity index is 1.36. The Morgan fingerprint density at radius 3 is 2.60 bits per heavy atom. The Hall–Kier alpha value is -3.47. The molecule has 1 amide bonds. The van der Waals surface area contributed by atoms with E-state index in [2.05, 4.69) is 37.6 Å². The summed E-state index contributed by atoms with van der Waals surface area (Å²) >= 11 is 5.10.